The molecule has 4 nitrogen and oxygen atoms in total. The summed E-state index contributed by atoms with van der Waals surface area (Å²) in [5, 5.41) is 2.79. The zero-order chi connectivity index (χ0) is 14.6. The fourth-order valence-corrected chi connectivity index (χ4v) is 2.19. The SMILES string of the molecule is COc1c(Br)cccc1[C@@H](C)NC(=O)OC(C)(C)C. The molecule has 1 aromatic rings. The number of para-hydroxylation sites is 1. The summed E-state index contributed by atoms with van der Waals surface area (Å²) in [5.74, 6) is 0.714. The zero-order valence-corrected chi connectivity index (χ0v) is 13.5. The summed E-state index contributed by atoms with van der Waals surface area (Å²) in [6.45, 7) is 7.37. The van der Waals surface area contributed by atoms with Crippen molar-refractivity contribution < 1.29 is 14.3 Å². The number of carbonyl (C=O) groups is 1. The standard InChI is InChI=1S/C14H20BrNO3/c1-9(16-13(17)19-14(2,3)4)10-7-6-8-11(15)12(10)18-5/h6-9H,1-5H3,(H,16,17)/t9-/m1/s1. The summed E-state index contributed by atoms with van der Waals surface area (Å²) in [6.07, 6.45) is -0.443. The smallest absolute Gasteiger partial charge is 0.408 e. The molecule has 19 heavy (non-hydrogen) atoms. The third-order valence-electron chi connectivity index (χ3n) is 2.40. The van der Waals surface area contributed by atoms with Gasteiger partial charge in [0.2, 0.25) is 0 Å². The molecule has 1 amide bonds. The molecule has 0 saturated carbocycles. The Morgan fingerprint density at radius 1 is 1.37 bits per heavy atom. The van der Waals surface area contributed by atoms with Gasteiger partial charge in [-0.05, 0) is 49.7 Å². The largest absolute Gasteiger partial charge is 0.495 e. The van der Waals surface area contributed by atoms with Crippen LogP contribution in [0.5, 0.6) is 5.75 Å². The molecule has 5 heteroatoms. The van der Waals surface area contributed by atoms with Gasteiger partial charge in [-0.2, -0.15) is 0 Å². The van der Waals surface area contributed by atoms with E-state index in [0.29, 0.717) is 5.75 Å². The predicted octanol–water partition coefficient (Wildman–Crippen LogP) is 4.04. The number of carbonyl (C=O) groups excluding carboxylic acids is 1. The lowest BCUT2D eigenvalue weighted by Gasteiger charge is -2.23. The Hall–Kier alpha value is -1.23. The third kappa shape index (κ3) is 4.74. The molecule has 1 rings (SSSR count). The van der Waals surface area contributed by atoms with Crippen LogP contribution in [-0.4, -0.2) is 18.8 Å². The molecule has 0 bridgehead atoms. The number of rotatable bonds is 3. The zero-order valence-electron chi connectivity index (χ0n) is 11.9. The molecule has 0 radical (unpaired) electrons. The highest BCUT2D eigenvalue weighted by molar-refractivity contribution is 9.10. The number of halogens is 1. The van der Waals surface area contributed by atoms with E-state index >= 15 is 0 Å². The Bertz CT molecular complexity index is 454. The second-order valence-corrected chi connectivity index (χ2v) is 6.08. The van der Waals surface area contributed by atoms with Gasteiger partial charge in [0.1, 0.15) is 11.4 Å². The Labute approximate surface area is 122 Å². The molecule has 0 heterocycles. The molecule has 1 N–H and O–H groups in total. The number of hydrogen-bond acceptors (Lipinski definition) is 3. The molecule has 0 spiro atoms. The first-order chi connectivity index (χ1) is 8.74. The minimum atomic E-state index is -0.509. The lowest BCUT2D eigenvalue weighted by molar-refractivity contribution is 0.0507. The van der Waals surface area contributed by atoms with Crippen LogP contribution in [-0.2, 0) is 4.74 Å². The highest BCUT2D eigenvalue weighted by Crippen LogP contribution is 2.32. The number of nitrogens with one attached hydrogen (secondary N) is 1. The number of methoxy groups -OCH3 is 1. The van der Waals surface area contributed by atoms with E-state index < -0.39 is 11.7 Å². The molecule has 0 aliphatic carbocycles. The summed E-state index contributed by atoms with van der Waals surface area (Å²) in [4.78, 5) is 11.7. The van der Waals surface area contributed by atoms with Crippen LogP contribution < -0.4 is 10.1 Å². The summed E-state index contributed by atoms with van der Waals surface area (Å²) in [7, 11) is 1.60. The van der Waals surface area contributed by atoms with E-state index in [2.05, 4.69) is 21.2 Å². The van der Waals surface area contributed by atoms with E-state index in [9.17, 15) is 4.79 Å². The summed E-state index contributed by atoms with van der Waals surface area (Å²) < 4.78 is 11.4. The second kappa shape index (κ2) is 6.28. The van der Waals surface area contributed by atoms with Crippen molar-refractivity contribution >= 4 is 22.0 Å². The Morgan fingerprint density at radius 3 is 2.53 bits per heavy atom. The van der Waals surface area contributed by atoms with Gasteiger partial charge in [-0.25, -0.2) is 4.79 Å². The molecule has 0 fully saturated rings. The van der Waals surface area contributed by atoms with Crippen molar-refractivity contribution in [1.29, 1.82) is 0 Å². The van der Waals surface area contributed by atoms with Crippen LogP contribution in [0, 0.1) is 0 Å². The lowest BCUT2D eigenvalue weighted by atomic mass is 10.1. The number of hydrogen-bond donors (Lipinski definition) is 1. The highest BCUT2D eigenvalue weighted by atomic mass is 79.9. The van der Waals surface area contributed by atoms with Crippen molar-refractivity contribution in [3.05, 3.63) is 28.2 Å². The van der Waals surface area contributed by atoms with Gasteiger partial charge in [0, 0.05) is 5.56 Å². The van der Waals surface area contributed by atoms with Gasteiger partial charge in [-0.15, -0.1) is 0 Å². The van der Waals surface area contributed by atoms with Crippen LogP contribution in [0.3, 0.4) is 0 Å². The first-order valence-electron chi connectivity index (χ1n) is 6.06. The number of alkyl carbamates (subject to hydrolysis) is 1. The molecule has 0 aromatic heterocycles. The van der Waals surface area contributed by atoms with Crippen LogP contribution >= 0.6 is 15.9 Å². The molecule has 1 atom stereocenters. The minimum Gasteiger partial charge on any atom is -0.495 e. The van der Waals surface area contributed by atoms with Crippen molar-refractivity contribution in [3.8, 4) is 5.75 Å². The van der Waals surface area contributed by atoms with Crippen molar-refractivity contribution in [2.75, 3.05) is 7.11 Å². The number of ether oxygens (including phenoxy) is 2. The monoisotopic (exact) mass is 329 g/mol. The van der Waals surface area contributed by atoms with Crippen LogP contribution in [0.1, 0.15) is 39.3 Å². The molecular weight excluding hydrogens is 310 g/mol. The second-order valence-electron chi connectivity index (χ2n) is 5.23. The van der Waals surface area contributed by atoms with Gasteiger partial charge in [-0.1, -0.05) is 12.1 Å². The van der Waals surface area contributed by atoms with Crippen molar-refractivity contribution in [2.24, 2.45) is 0 Å². The quantitative estimate of drug-likeness (QED) is 0.910. The van der Waals surface area contributed by atoms with Crippen LogP contribution in [0.4, 0.5) is 4.79 Å². The molecule has 1 aromatic carbocycles. The Kier molecular flexibility index (Phi) is 5.23. The van der Waals surface area contributed by atoms with E-state index in [-0.39, 0.29) is 6.04 Å². The fraction of sp³-hybridized carbons (Fsp3) is 0.500. The Balaban J connectivity index is 2.81. The van der Waals surface area contributed by atoms with Gasteiger partial charge >= 0.3 is 6.09 Å². The number of benzene rings is 1. The van der Waals surface area contributed by atoms with E-state index in [1.54, 1.807) is 7.11 Å². The first-order valence-corrected chi connectivity index (χ1v) is 6.86. The van der Waals surface area contributed by atoms with E-state index in [1.807, 2.05) is 45.9 Å². The minimum absolute atomic E-state index is 0.206. The van der Waals surface area contributed by atoms with Gasteiger partial charge in [0.25, 0.3) is 0 Å². The van der Waals surface area contributed by atoms with Gasteiger partial charge < -0.3 is 14.8 Å². The van der Waals surface area contributed by atoms with Crippen LogP contribution in [0.15, 0.2) is 22.7 Å². The molecule has 0 aliphatic heterocycles. The molecule has 0 saturated heterocycles. The predicted molar refractivity (Wildman–Crippen MR) is 78.5 cm³/mol. The van der Waals surface area contributed by atoms with Gasteiger partial charge in [0.15, 0.2) is 0 Å². The molecule has 106 valence electrons. The van der Waals surface area contributed by atoms with Gasteiger partial charge in [0.05, 0.1) is 17.6 Å². The van der Waals surface area contributed by atoms with Crippen LogP contribution in [0.2, 0.25) is 0 Å². The first kappa shape index (κ1) is 15.8. The van der Waals surface area contributed by atoms with Crippen molar-refractivity contribution in [1.82, 2.24) is 5.32 Å². The van der Waals surface area contributed by atoms with E-state index in [0.717, 1.165) is 10.0 Å². The third-order valence-corrected chi connectivity index (χ3v) is 3.03. The highest BCUT2D eigenvalue weighted by Gasteiger charge is 2.20. The maximum Gasteiger partial charge on any atom is 0.408 e. The number of amides is 1. The van der Waals surface area contributed by atoms with E-state index in [1.165, 1.54) is 0 Å². The normalized spacial score (nSPS) is 12.7. The topological polar surface area (TPSA) is 47.6 Å². The maximum atomic E-state index is 11.7. The summed E-state index contributed by atoms with van der Waals surface area (Å²) >= 11 is 3.42. The average molecular weight is 330 g/mol. The summed E-state index contributed by atoms with van der Waals surface area (Å²) in [6, 6.07) is 5.49. The van der Waals surface area contributed by atoms with E-state index in [4.69, 9.17) is 9.47 Å². The van der Waals surface area contributed by atoms with Gasteiger partial charge in [-0.3, -0.25) is 0 Å². The van der Waals surface area contributed by atoms with Crippen LogP contribution in [0.25, 0.3) is 0 Å². The fourth-order valence-electron chi connectivity index (χ4n) is 1.64. The lowest BCUT2D eigenvalue weighted by Crippen LogP contribution is -2.34. The van der Waals surface area contributed by atoms with Crippen molar-refractivity contribution in [3.63, 3.8) is 0 Å². The molecule has 0 aliphatic rings. The Morgan fingerprint density at radius 2 is 2.00 bits per heavy atom. The molecule has 0 unspecified atom stereocenters. The summed E-state index contributed by atoms with van der Waals surface area (Å²) in [5.41, 5.74) is 0.383. The molecular formula is C14H20BrNO3. The maximum absolute atomic E-state index is 11.7. The average Bonchev–Trinajstić information content (AvgIpc) is 2.25. The van der Waals surface area contributed by atoms with Crippen molar-refractivity contribution in [2.45, 2.75) is 39.3 Å².